The normalized spacial score (nSPS) is 20.0. The first-order valence-corrected chi connectivity index (χ1v) is 8.36. The maximum Gasteiger partial charge on any atom is 0.305 e. The molecule has 0 unspecified atom stereocenters. The van der Waals surface area contributed by atoms with Gasteiger partial charge in [0.25, 0.3) is 0 Å². The molecule has 0 spiro atoms. The van der Waals surface area contributed by atoms with E-state index in [1.165, 1.54) is 7.11 Å². The molecule has 0 saturated heterocycles. The van der Waals surface area contributed by atoms with Crippen LogP contribution in [-0.4, -0.2) is 99.1 Å². The molecule has 0 radical (unpaired) electrons. The molecule has 12 nitrogen and oxygen atoms in total. The van der Waals surface area contributed by atoms with E-state index in [9.17, 15) is 19.2 Å². The molecule has 0 aromatic heterocycles. The molecule has 32 heavy (non-hydrogen) atoms. The van der Waals surface area contributed by atoms with Crippen LogP contribution in [0.2, 0.25) is 0 Å². The zero-order valence-corrected chi connectivity index (χ0v) is 18.2. The second-order valence-corrected chi connectivity index (χ2v) is 4.33. The number of carbonyl (C=O) groups is 4. The smallest absolute Gasteiger partial charge is 0.305 e. The highest BCUT2D eigenvalue weighted by molar-refractivity contribution is 5.69. The number of aliphatic hydroxyl groups is 4. The number of ether oxygens (including phenoxy) is 4. The molecule has 0 rings (SSSR count). The standard InChI is InChI=1S/4C5H10O3/c4*1-8-5(7)3-2-4-6/h4*6H,2-4H2,1H3/i2D2,3D2,4D;3D2,4D;2D2,4D;4D/t4*4-/m0000/s1. The average molecular weight is 485 g/mol. The van der Waals surface area contributed by atoms with Gasteiger partial charge in [0.15, 0.2) is 0 Å². The molecule has 0 heterocycles. The molecular formula is C20H40O12. The molecule has 4 N–H and O–H groups in total. The zero-order valence-electron chi connectivity index (χ0n) is 30.2. The lowest BCUT2D eigenvalue weighted by Gasteiger charge is -1.93. The fourth-order valence-electron chi connectivity index (χ4n) is 0.829. The molecule has 0 aliphatic carbocycles. The second-order valence-electron chi connectivity index (χ2n) is 4.33. The Kier molecular flexibility index (Phi) is 18.0. The van der Waals surface area contributed by atoms with E-state index in [1.54, 1.807) is 0 Å². The lowest BCUT2D eigenvalue weighted by atomic mass is 10.3. The largest absolute Gasteiger partial charge is 0.469 e. The summed E-state index contributed by atoms with van der Waals surface area (Å²) in [5.74, 6) is -3.68. The van der Waals surface area contributed by atoms with Crippen molar-refractivity contribution in [2.24, 2.45) is 0 Å². The molecule has 0 fully saturated rings. The highest BCUT2D eigenvalue weighted by Gasteiger charge is 1.97. The van der Waals surface area contributed by atoms with Crippen LogP contribution in [0.4, 0.5) is 0 Å². The Balaban J connectivity index is -0.000000244. The van der Waals surface area contributed by atoms with E-state index >= 15 is 0 Å². The van der Waals surface area contributed by atoms with Gasteiger partial charge in [-0.3, -0.25) is 19.2 Å². The summed E-state index contributed by atoms with van der Waals surface area (Å²) >= 11 is 0. The summed E-state index contributed by atoms with van der Waals surface area (Å²) < 4.78 is 98.8. The van der Waals surface area contributed by atoms with E-state index in [0.29, 0.717) is 0 Å². The predicted molar refractivity (Wildman–Crippen MR) is 113 cm³/mol. The number of rotatable bonds is 12. The Morgan fingerprint density at radius 3 is 1.34 bits per heavy atom. The minimum atomic E-state index is -3.04. The third-order valence-corrected chi connectivity index (χ3v) is 2.22. The number of hydrogen-bond acceptors (Lipinski definition) is 12. The third kappa shape index (κ3) is 42.0. The first-order valence-electron chi connectivity index (χ1n) is 14.7. The van der Waals surface area contributed by atoms with Gasteiger partial charge < -0.3 is 39.4 Å². The molecular weight excluding hydrogens is 432 g/mol. The van der Waals surface area contributed by atoms with Crippen molar-refractivity contribution in [3.63, 3.8) is 0 Å². The molecule has 0 aromatic carbocycles. The van der Waals surface area contributed by atoms with E-state index < -0.39 is 82.6 Å². The summed E-state index contributed by atoms with van der Waals surface area (Å²) in [5, 5.41) is 33.9. The van der Waals surface area contributed by atoms with Gasteiger partial charge in [-0.1, -0.05) is 0 Å². The van der Waals surface area contributed by atoms with Crippen LogP contribution in [0.15, 0.2) is 0 Å². The highest BCUT2D eigenvalue weighted by atomic mass is 16.5. The van der Waals surface area contributed by atoms with Crippen LogP contribution in [0.5, 0.6) is 0 Å². The Hall–Kier alpha value is -2.28. The van der Waals surface area contributed by atoms with Gasteiger partial charge in [-0.2, -0.15) is 0 Å². The molecule has 12 heteroatoms. The molecule has 0 aliphatic rings. The maximum absolute atomic E-state index is 10.8. The molecule has 192 valence electrons. The minimum absolute atomic E-state index is 0.112. The molecule has 4 atom stereocenters. The lowest BCUT2D eigenvalue weighted by Crippen LogP contribution is -2.00. The van der Waals surface area contributed by atoms with Crippen LogP contribution >= 0.6 is 0 Å². The Morgan fingerprint density at radius 1 is 0.562 bits per heavy atom. The zero-order chi connectivity index (χ0) is 36.3. The summed E-state index contributed by atoms with van der Waals surface area (Å²) in [7, 11) is 4.34. The molecule has 0 saturated carbocycles. The van der Waals surface area contributed by atoms with E-state index in [2.05, 4.69) is 18.9 Å². The molecule has 0 aliphatic heterocycles. The first-order chi connectivity index (χ1) is 19.6. The molecule has 0 bridgehead atoms. The van der Waals surface area contributed by atoms with Crippen molar-refractivity contribution in [2.45, 2.75) is 51.2 Å². The fourth-order valence-corrected chi connectivity index (χ4v) is 0.829. The Labute approximate surface area is 206 Å². The highest BCUT2D eigenvalue weighted by Crippen LogP contribution is 1.89. The van der Waals surface area contributed by atoms with Gasteiger partial charge in [0.05, 0.1) is 33.9 Å². The van der Waals surface area contributed by atoms with Gasteiger partial charge in [-0.05, 0) is 25.6 Å². The Bertz CT molecular complexity index is 856. The third-order valence-electron chi connectivity index (χ3n) is 2.22. The molecule has 0 amide bonds. The SMILES string of the molecule is [2H][C@H](O)C([2H])([2H])C([2H])([2H])C(=O)OC.[2H][C@H](O)C([2H])([2H])CC(=O)OC.[2H][C@H](O)CC([2H])([2H])C(=O)OC.[2H][C@H](O)CCC(=O)OC. The van der Waals surface area contributed by atoms with Crippen LogP contribution in [0.3, 0.4) is 0 Å². The van der Waals surface area contributed by atoms with Gasteiger partial charge in [0.1, 0.15) is 0 Å². The van der Waals surface area contributed by atoms with Crippen molar-refractivity contribution in [1.29, 1.82) is 0 Å². The van der Waals surface area contributed by atoms with Crippen molar-refractivity contribution in [2.75, 3.05) is 54.8 Å². The van der Waals surface area contributed by atoms with Gasteiger partial charge in [-0.15, -0.1) is 0 Å². The maximum atomic E-state index is 10.8. The average Bonchev–Trinajstić information content (AvgIpc) is 2.90. The van der Waals surface area contributed by atoms with Crippen LogP contribution in [-0.2, 0) is 38.1 Å². The van der Waals surface area contributed by atoms with Crippen molar-refractivity contribution >= 4 is 23.9 Å². The number of aliphatic hydroxyl groups excluding tert-OH is 4. The van der Waals surface area contributed by atoms with E-state index in [4.69, 9.17) is 36.9 Å². The minimum Gasteiger partial charge on any atom is -0.469 e. The van der Waals surface area contributed by atoms with Gasteiger partial charge >= 0.3 is 23.9 Å². The number of hydrogen-bond donors (Lipinski definition) is 4. The quantitative estimate of drug-likeness (QED) is 0.210. The van der Waals surface area contributed by atoms with Crippen LogP contribution in [0.1, 0.15) is 67.6 Å². The molecule has 0 aromatic rings. The summed E-state index contributed by atoms with van der Waals surface area (Å²) in [6, 6.07) is 0. The summed E-state index contributed by atoms with van der Waals surface area (Å²) in [4.78, 5) is 42.1. The van der Waals surface area contributed by atoms with E-state index in [-0.39, 0.29) is 18.8 Å². The van der Waals surface area contributed by atoms with Gasteiger partial charge in [-0.25, -0.2) is 0 Å². The summed E-state index contributed by atoms with van der Waals surface area (Å²) in [6.45, 7) is -7.02. The van der Waals surface area contributed by atoms with E-state index in [0.717, 1.165) is 21.3 Å². The number of esters is 4. The number of carbonyl (C=O) groups excluding carboxylic acids is 4. The van der Waals surface area contributed by atoms with Crippen LogP contribution < -0.4 is 0 Å². The van der Waals surface area contributed by atoms with E-state index in [1.807, 2.05) is 0 Å². The van der Waals surface area contributed by atoms with Crippen molar-refractivity contribution in [1.82, 2.24) is 0 Å². The van der Waals surface area contributed by atoms with Crippen molar-refractivity contribution in [3.05, 3.63) is 0 Å². The second kappa shape index (κ2) is 33.4. The summed E-state index contributed by atoms with van der Waals surface area (Å²) in [5.41, 5.74) is 0. The van der Waals surface area contributed by atoms with Gasteiger partial charge in [0, 0.05) is 62.9 Å². The van der Waals surface area contributed by atoms with Crippen LogP contribution in [0.25, 0.3) is 0 Å². The fraction of sp³-hybridized carbons (Fsp3) is 0.800. The van der Waals surface area contributed by atoms with Crippen molar-refractivity contribution in [3.8, 4) is 0 Å². The lowest BCUT2D eigenvalue weighted by molar-refractivity contribution is -0.141. The first kappa shape index (κ1) is 17.2. The monoisotopic (exact) mass is 484 g/mol. The van der Waals surface area contributed by atoms with Crippen LogP contribution in [0, 0.1) is 0 Å². The van der Waals surface area contributed by atoms with Crippen molar-refractivity contribution < 1.29 is 75.0 Å². The predicted octanol–water partition coefficient (Wildman–Crippen LogP) is -0.272. The summed E-state index contributed by atoms with van der Waals surface area (Å²) in [6.07, 6.45) is -11.5. The van der Waals surface area contributed by atoms with Gasteiger partial charge in [0.2, 0.25) is 0 Å². The topological polar surface area (TPSA) is 186 Å². The number of methoxy groups -OCH3 is 4. The Morgan fingerprint density at radius 2 is 0.969 bits per heavy atom.